The first-order chi connectivity index (χ1) is 4.86. The second kappa shape index (κ2) is 3.28. The Bertz CT molecular complexity index is 245. The van der Waals surface area contributed by atoms with Gasteiger partial charge in [-0.25, -0.2) is 4.98 Å². The van der Waals surface area contributed by atoms with Crippen LogP contribution in [0.25, 0.3) is 0 Å². The summed E-state index contributed by atoms with van der Waals surface area (Å²) in [5, 5.41) is 0.999. The number of pyridine rings is 1. The van der Waals surface area contributed by atoms with Crippen molar-refractivity contribution >= 4 is 11.8 Å². The van der Waals surface area contributed by atoms with Gasteiger partial charge in [-0.05, 0) is 18.4 Å². The molecule has 1 nitrogen and oxygen atoms in total. The van der Waals surface area contributed by atoms with Crippen LogP contribution in [-0.4, -0.2) is 11.2 Å². The van der Waals surface area contributed by atoms with Gasteiger partial charge in [-0.3, -0.25) is 0 Å². The van der Waals surface area contributed by atoms with Gasteiger partial charge in [-0.15, -0.1) is 18.2 Å². The summed E-state index contributed by atoms with van der Waals surface area (Å²) in [6.07, 6.45) is 8.83. The monoisotopic (exact) mass is 149 g/mol. The quantitative estimate of drug-likeness (QED) is 0.446. The molecule has 0 aliphatic heterocycles. The SMILES string of the molecule is C#Cc1ccc(SC)nc1. The van der Waals surface area contributed by atoms with Gasteiger partial charge in [0, 0.05) is 11.8 Å². The van der Waals surface area contributed by atoms with Crippen LogP contribution in [0.4, 0.5) is 0 Å². The fraction of sp³-hybridized carbons (Fsp3) is 0.125. The zero-order valence-electron chi connectivity index (χ0n) is 5.66. The third-order valence-electron chi connectivity index (χ3n) is 1.11. The van der Waals surface area contributed by atoms with E-state index >= 15 is 0 Å². The highest BCUT2D eigenvalue weighted by atomic mass is 32.2. The maximum Gasteiger partial charge on any atom is 0.0958 e. The fourth-order valence-corrected chi connectivity index (χ4v) is 0.949. The third kappa shape index (κ3) is 1.52. The Hall–Kier alpha value is -0.940. The molecule has 50 valence electrons. The van der Waals surface area contributed by atoms with Crippen LogP contribution in [0, 0.1) is 12.3 Å². The lowest BCUT2D eigenvalue weighted by Crippen LogP contribution is -1.79. The van der Waals surface area contributed by atoms with E-state index in [1.807, 2.05) is 18.4 Å². The molecule has 1 heterocycles. The van der Waals surface area contributed by atoms with E-state index in [4.69, 9.17) is 6.42 Å². The van der Waals surface area contributed by atoms with Crippen molar-refractivity contribution in [2.45, 2.75) is 5.03 Å². The van der Waals surface area contributed by atoms with Crippen molar-refractivity contribution in [2.75, 3.05) is 6.26 Å². The highest BCUT2D eigenvalue weighted by Gasteiger charge is 1.89. The molecule has 0 fully saturated rings. The number of terminal acetylenes is 1. The molecule has 0 aliphatic rings. The van der Waals surface area contributed by atoms with Gasteiger partial charge in [0.05, 0.1) is 5.03 Å². The summed E-state index contributed by atoms with van der Waals surface area (Å²) >= 11 is 1.61. The van der Waals surface area contributed by atoms with Crippen LogP contribution in [0.5, 0.6) is 0 Å². The van der Waals surface area contributed by atoms with Gasteiger partial charge in [0.1, 0.15) is 0 Å². The molecule has 0 amide bonds. The van der Waals surface area contributed by atoms with E-state index in [1.165, 1.54) is 0 Å². The number of aromatic nitrogens is 1. The molecule has 0 saturated heterocycles. The molecule has 0 spiro atoms. The maximum atomic E-state index is 5.14. The van der Waals surface area contributed by atoms with Gasteiger partial charge in [-0.2, -0.15) is 0 Å². The molecule has 1 rings (SSSR count). The molecule has 0 unspecified atom stereocenters. The van der Waals surface area contributed by atoms with Crippen LogP contribution in [0.3, 0.4) is 0 Å². The number of thioether (sulfide) groups is 1. The minimum atomic E-state index is 0.831. The molecule has 0 atom stereocenters. The lowest BCUT2D eigenvalue weighted by molar-refractivity contribution is 1.13. The molecule has 0 radical (unpaired) electrons. The predicted octanol–water partition coefficient (Wildman–Crippen LogP) is 1.78. The van der Waals surface area contributed by atoms with Crippen LogP contribution in [0.1, 0.15) is 5.56 Å². The Balaban J connectivity index is 2.93. The molecule has 2 heteroatoms. The minimum absolute atomic E-state index is 0.831. The molecular weight excluding hydrogens is 142 g/mol. The number of hydrogen-bond donors (Lipinski definition) is 0. The lowest BCUT2D eigenvalue weighted by atomic mass is 10.3. The Labute approximate surface area is 64.9 Å². The molecule has 0 aliphatic carbocycles. The summed E-state index contributed by atoms with van der Waals surface area (Å²) in [4.78, 5) is 4.09. The second-order valence-electron chi connectivity index (χ2n) is 1.73. The van der Waals surface area contributed by atoms with Gasteiger partial charge in [0.2, 0.25) is 0 Å². The summed E-state index contributed by atoms with van der Waals surface area (Å²) in [5.41, 5.74) is 0.831. The van der Waals surface area contributed by atoms with E-state index in [-0.39, 0.29) is 0 Å². The third-order valence-corrected chi connectivity index (χ3v) is 1.77. The topological polar surface area (TPSA) is 12.9 Å². The van der Waals surface area contributed by atoms with Crippen molar-refractivity contribution in [3.8, 4) is 12.3 Å². The molecule has 0 aromatic carbocycles. The summed E-state index contributed by atoms with van der Waals surface area (Å²) in [5.74, 6) is 2.51. The van der Waals surface area contributed by atoms with Crippen LogP contribution >= 0.6 is 11.8 Å². The smallest absolute Gasteiger partial charge is 0.0958 e. The first kappa shape index (κ1) is 7.17. The number of nitrogens with zero attached hydrogens (tertiary/aromatic N) is 1. The first-order valence-electron chi connectivity index (χ1n) is 2.83. The van der Waals surface area contributed by atoms with Crippen LogP contribution in [0.2, 0.25) is 0 Å². The van der Waals surface area contributed by atoms with Crippen molar-refractivity contribution < 1.29 is 0 Å². The minimum Gasteiger partial charge on any atom is -0.249 e. The Morgan fingerprint density at radius 3 is 2.80 bits per heavy atom. The van der Waals surface area contributed by atoms with Crippen molar-refractivity contribution in [1.29, 1.82) is 0 Å². The molecule has 1 aromatic rings. The molecule has 1 aromatic heterocycles. The zero-order valence-corrected chi connectivity index (χ0v) is 6.48. The van der Waals surface area contributed by atoms with Crippen LogP contribution in [-0.2, 0) is 0 Å². The van der Waals surface area contributed by atoms with Gasteiger partial charge in [0.25, 0.3) is 0 Å². The largest absolute Gasteiger partial charge is 0.249 e. The summed E-state index contributed by atoms with van der Waals surface area (Å²) in [6.45, 7) is 0. The summed E-state index contributed by atoms with van der Waals surface area (Å²) in [6, 6.07) is 3.80. The Morgan fingerprint density at radius 2 is 2.40 bits per heavy atom. The first-order valence-corrected chi connectivity index (χ1v) is 4.06. The van der Waals surface area contributed by atoms with Crippen molar-refractivity contribution in [2.24, 2.45) is 0 Å². The van der Waals surface area contributed by atoms with Crippen molar-refractivity contribution in [3.63, 3.8) is 0 Å². The van der Waals surface area contributed by atoms with Gasteiger partial charge >= 0.3 is 0 Å². The number of rotatable bonds is 1. The normalized spacial score (nSPS) is 8.80. The van der Waals surface area contributed by atoms with Gasteiger partial charge < -0.3 is 0 Å². The number of hydrogen-bond acceptors (Lipinski definition) is 2. The molecular formula is C8H7NS. The zero-order chi connectivity index (χ0) is 7.40. The fourth-order valence-electron chi connectivity index (χ4n) is 0.586. The van der Waals surface area contributed by atoms with E-state index in [0.717, 1.165) is 10.6 Å². The van der Waals surface area contributed by atoms with Crippen molar-refractivity contribution in [1.82, 2.24) is 4.98 Å². The molecule has 0 bridgehead atoms. The standard InChI is InChI=1S/C8H7NS/c1-3-7-4-5-8(10-2)9-6-7/h1,4-6H,2H3. The van der Waals surface area contributed by atoms with E-state index in [2.05, 4.69) is 10.9 Å². The summed E-state index contributed by atoms with van der Waals surface area (Å²) < 4.78 is 0. The average molecular weight is 149 g/mol. The average Bonchev–Trinajstić information content (AvgIpc) is 2.05. The van der Waals surface area contributed by atoms with E-state index in [9.17, 15) is 0 Å². The van der Waals surface area contributed by atoms with E-state index in [0.29, 0.717) is 0 Å². The molecule has 0 saturated carbocycles. The van der Waals surface area contributed by atoms with Crippen LogP contribution < -0.4 is 0 Å². The summed E-state index contributed by atoms with van der Waals surface area (Å²) in [7, 11) is 0. The Morgan fingerprint density at radius 1 is 1.60 bits per heavy atom. The predicted molar refractivity (Wildman–Crippen MR) is 44.0 cm³/mol. The molecule has 10 heavy (non-hydrogen) atoms. The van der Waals surface area contributed by atoms with Gasteiger partial charge in [0.15, 0.2) is 0 Å². The van der Waals surface area contributed by atoms with E-state index in [1.54, 1.807) is 18.0 Å². The van der Waals surface area contributed by atoms with E-state index < -0.39 is 0 Å². The maximum absolute atomic E-state index is 5.14. The Kier molecular flexibility index (Phi) is 2.35. The van der Waals surface area contributed by atoms with Crippen LogP contribution in [0.15, 0.2) is 23.4 Å². The highest BCUT2D eigenvalue weighted by Crippen LogP contribution is 2.09. The molecule has 0 N–H and O–H groups in total. The van der Waals surface area contributed by atoms with Gasteiger partial charge in [-0.1, -0.05) is 5.92 Å². The lowest BCUT2D eigenvalue weighted by Gasteiger charge is -1.92. The highest BCUT2D eigenvalue weighted by molar-refractivity contribution is 7.98. The van der Waals surface area contributed by atoms with Crippen molar-refractivity contribution in [3.05, 3.63) is 23.9 Å². The second-order valence-corrected chi connectivity index (χ2v) is 2.56.